The van der Waals surface area contributed by atoms with Gasteiger partial charge >= 0.3 is 5.97 Å². The van der Waals surface area contributed by atoms with Gasteiger partial charge in [-0.25, -0.2) is 9.78 Å². The molecule has 2 N–H and O–H groups in total. The van der Waals surface area contributed by atoms with Crippen molar-refractivity contribution in [1.82, 2.24) is 9.55 Å². The number of carbonyl (C=O) groups excluding carboxylic acids is 1. The monoisotopic (exact) mass is 235 g/mol. The van der Waals surface area contributed by atoms with Crippen LogP contribution >= 0.6 is 0 Å². The van der Waals surface area contributed by atoms with Gasteiger partial charge in [-0.2, -0.15) is 0 Å². The van der Waals surface area contributed by atoms with E-state index in [1.165, 1.54) is 7.11 Å². The van der Waals surface area contributed by atoms with Crippen molar-refractivity contribution in [3.63, 3.8) is 0 Å². The maximum absolute atomic E-state index is 11.5. The zero-order valence-electron chi connectivity index (χ0n) is 10.4. The molecule has 0 saturated heterocycles. The molecule has 5 heteroatoms. The molecule has 17 heavy (non-hydrogen) atoms. The van der Waals surface area contributed by atoms with E-state index in [1.807, 2.05) is 13.8 Å². The molecule has 0 aliphatic carbocycles. The van der Waals surface area contributed by atoms with Gasteiger partial charge in [-0.1, -0.05) is 6.92 Å². The Kier molecular flexibility index (Phi) is 4.16. The first-order chi connectivity index (χ1) is 8.06. The maximum Gasteiger partial charge on any atom is 0.360 e. The van der Waals surface area contributed by atoms with Crippen LogP contribution in [0.5, 0.6) is 0 Å². The van der Waals surface area contributed by atoms with E-state index in [0.29, 0.717) is 18.7 Å². The van der Waals surface area contributed by atoms with E-state index in [-0.39, 0.29) is 11.7 Å². The first-order valence-electron chi connectivity index (χ1n) is 5.45. The summed E-state index contributed by atoms with van der Waals surface area (Å²) in [4.78, 5) is 15.7. The summed E-state index contributed by atoms with van der Waals surface area (Å²) in [6.07, 6.45) is 6.50. The Morgan fingerprint density at radius 3 is 2.82 bits per heavy atom. The third-order valence-electron chi connectivity index (χ3n) is 2.57. The molecule has 92 valence electrons. The summed E-state index contributed by atoms with van der Waals surface area (Å²) in [6, 6.07) is 0.0147. The number of anilines is 1. The highest BCUT2D eigenvalue weighted by Crippen LogP contribution is 2.23. The highest BCUT2D eigenvalue weighted by Gasteiger charge is 2.22. The number of carbonyl (C=O) groups is 1. The number of hydrogen-bond donors (Lipinski definition) is 1. The zero-order valence-corrected chi connectivity index (χ0v) is 10.4. The Labute approximate surface area is 101 Å². The molecule has 0 aromatic carbocycles. The third kappa shape index (κ3) is 2.41. The molecule has 1 atom stereocenters. The highest BCUT2D eigenvalue weighted by atomic mass is 16.5. The number of nitrogens with zero attached hydrogens (tertiary/aromatic N) is 2. The number of nitrogen functional groups attached to an aromatic ring is 1. The molecule has 1 heterocycles. The Morgan fingerprint density at radius 1 is 1.71 bits per heavy atom. The number of esters is 1. The van der Waals surface area contributed by atoms with Gasteiger partial charge < -0.3 is 15.0 Å². The van der Waals surface area contributed by atoms with Crippen molar-refractivity contribution in [2.24, 2.45) is 0 Å². The van der Waals surface area contributed by atoms with E-state index in [9.17, 15) is 4.79 Å². The van der Waals surface area contributed by atoms with Crippen LogP contribution in [-0.4, -0.2) is 22.6 Å². The molecule has 1 aromatic heterocycles. The van der Waals surface area contributed by atoms with Gasteiger partial charge in [0.15, 0.2) is 5.69 Å². The highest BCUT2D eigenvalue weighted by molar-refractivity contribution is 5.92. The fraction of sp³-hybridized carbons (Fsp3) is 0.500. The molecule has 0 saturated carbocycles. The van der Waals surface area contributed by atoms with E-state index >= 15 is 0 Å². The lowest BCUT2D eigenvalue weighted by Gasteiger charge is -2.15. The Morgan fingerprint density at radius 2 is 2.35 bits per heavy atom. The minimum absolute atomic E-state index is 0.0147. The number of terminal acetylenes is 1. The molecule has 5 nitrogen and oxygen atoms in total. The molecule has 0 aliphatic rings. The number of aromatic nitrogens is 2. The second kappa shape index (κ2) is 5.39. The van der Waals surface area contributed by atoms with E-state index in [1.54, 1.807) is 4.57 Å². The molecule has 0 radical (unpaired) electrons. The number of imidazole rings is 1. The third-order valence-corrected chi connectivity index (χ3v) is 2.57. The lowest BCUT2D eigenvalue weighted by Crippen LogP contribution is -2.12. The molecular weight excluding hydrogens is 218 g/mol. The van der Waals surface area contributed by atoms with Gasteiger partial charge in [0.2, 0.25) is 0 Å². The van der Waals surface area contributed by atoms with Crippen LogP contribution in [-0.2, 0) is 11.2 Å². The Bertz CT molecular complexity index is 457. The molecule has 1 unspecified atom stereocenters. The largest absolute Gasteiger partial charge is 0.464 e. The molecule has 0 spiro atoms. The summed E-state index contributed by atoms with van der Waals surface area (Å²) < 4.78 is 6.43. The number of rotatable bonds is 4. The summed E-state index contributed by atoms with van der Waals surface area (Å²) in [6.45, 7) is 3.89. The predicted molar refractivity (Wildman–Crippen MR) is 65.5 cm³/mol. The van der Waals surface area contributed by atoms with Crippen molar-refractivity contribution >= 4 is 11.8 Å². The molecule has 0 amide bonds. The van der Waals surface area contributed by atoms with Crippen molar-refractivity contribution < 1.29 is 9.53 Å². The second-order valence-electron chi connectivity index (χ2n) is 3.73. The van der Waals surface area contributed by atoms with E-state index in [0.717, 1.165) is 5.82 Å². The molecule has 0 aliphatic heterocycles. The molecule has 1 aromatic rings. The maximum atomic E-state index is 11.5. The van der Waals surface area contributed by atoms with E-state index in [4.69, 9.17) is 12.2 Å². The van der Waals surface area contributed by atoms with E-state index in [2.05, 4.69) is 15.6 Å². The number of ether oxygens (including phenoxy) is 1. The molecule has 0 bridgehead atoms. The van der Waals surface area contributed by atoms with Crippen molar-refractivity contribution in [1.29, 1.82) is 0 Å². The van der Waals surface area contributed by atoms with Crippen LogP contribution in [0.15, 0.2) is 0 Å². The summed E-state index contributed by atoms with van der Waals surface area (Å²) in [5, 5.41) is 0. The number of nitrogens with two attached hydrogens (primary N) is 1. The topological polar surface area (TPSA) is 70.1 Å². The Hall–Kier alpha value is -1.96. The van der Waals surface area contributed by atoms with Crippen LogP contribution in [0.2, 0.25) is 0 Å². The van der Waals surface area contributed by atoms with Crippen molar-refractivity contribution in [3.05, 3.63) is 11.5 Å². The summed E-state index contributed by atoms with van der Waals surface area (Å²) in [5.41, 5.74) is 6.08. The quantitative estimate of drug-likeness (QED) is 0.632. The molecular formula is C12H17N3O2. The van der Waals surface area contributed by atoms with Gasteiger partial charge in [0.1, 0.15) is 11.6 Å². The average Bonchev–Trinajstić information content (AvgIpc) is 2.65. The summed E-state index contributed by atoms with van der Waals surface area (Å²) >= 11 is 0. The first kappa shape index (κ1) is 13.1. The van der Waals surface area contributed by atoms with Gasteiger partial charge in [0, 0.05) is 18.9 Å². The molecule has 1 rings (SSSR count). The van der Waals surface area contributed by atoms with Crippen molar-refractivity contribution in [2.45, 2.75) is 32.7 Å². The SMILES string of the molecule is C#CCC(C)n1c(CC)nc(C(=O)OC)c1N. The van der Waals surface area contributed by atoms with Crippen molar-refractivity contribution in [3.8, 4) is 12.3 Å². The van der Waals surface area contributed by atoms with Gasteiger partial charge in [0.25, 0.3) is 0 Å². The lowest BCUT2D eigenvalue weighted by molar-refractivity contribution is 0.0595. The van der Waals surface area contributed by atoms with Crippen LogP contribution in [0.1, 0.15) is 42.6 Å². The first-order valence-corrected chi connectivity index (χ1v) is 5.45. The van der Waals surface area contributed by atoms with Crippen LogP contribution in [0.25, 0.3) is 0 Å². The number of aryl methyl sites for hydroxylation is 1. The summed E-state index contributed by atoms with van der Waals surface area (Å²) in [5.74, 6) is 3.11. The fourth-order valence-electron chi connectivity index (χ4n) is 1.74. The minimum atomic E-state index is -0.524. The second-order valence-corrected chi connectivity index (χ2v) is 3.73. The van der Waals surface area contributed by atoms with Crippen LogP contribution in [0.4, 0.5) is 5.82 Å². The smallest absolute Gasteiger partial charge is 0.360 e. The standard InChI is InChI=1S/C12H17N3O2/c1-5-7-8(3)15-9(6-2)14-10(11(15)13)12(16)17-4/h1,8H,6-7,13H2,2-4H3. The van der Waals surface area contributed by atoms with Crippen molar-refractivity contribution in [2.75, 3.05) is 12.8 Å². The average molecular weight is 235 g/mol. The number of methoxy groups -OCH3 is 1. The van der Waals surface area contributed by atoms with Crippen LogP contribution in [0.3, 0.4) is 0 Å². The normalized spacial score (nSPS) is 11.9. The summed E-state index contributed by atoms with van der Waals surface area (Å²) in [7, 11) is 1.30. The van der Waals surface area contributed by atoms with Gasteiger partial charge in [-0.3, -0.25) is 0 Å². The van der Waals surface area contributed by atoms with Crippen LogP contribution in [0, 0.1) is 12.3 Å². The minimum Gasteiger partial charge on any atom is -0.464 e. The zero-order chi connectivity index (χ0) is 13.0. The number of hydrogen-bond acceptors (Lipinski definition) is 4. The van der Waals surface area contributed by atoms with Gasteiger partial charge in [0.05, 0.1) is 7.11 Å². The lowest BCUT2D eigenvalue weighted by atomic mass is 10.2. The van der Waals surface area contributed by atoms with E-state index < -0.39 is 5.97 Å². The Balaban J connectivity index is 3.25. The van der Waals surface area contributed by atoms with Gasteiger partial charge in [-0.05, 0) is 6.92 Å². The fourth-order valence-corrected chi connectivity index (χ4v) is 1.74. The molecule has 0 fully saturated rings. The van der Waals surface area contributed by atoms with Gasteiger partial charge in [-0.15, -0.1) is 12.3 Å². The predicted octanol–water partition coefficient (Wildman–Crippen LogP) is 1.40. The van der Waals surface area contributed by atoms with Crippen LogP contribution < -0.4 is 5.73 Å².